The summed E-state index contributed by atoms with van der Waals surface area (Å²) in [5, 5.41) is 29.0. The molecule has 9 nitrogen and oxygen atoms in total. The van der Waals surface area contributed by atoms with E-state index in [1.54, 1.807) is 0 Å². The second-order valence-electron chi connectivity index (χ2n) is 5.51. The van der Waals surface area contributed by atoms with Gasteiger partial charge in [-0.1, -0.05) is 0 Å². The first-order valence-corrected chi connectivity index (χ1v) is 9.41. The van der Waals surface area contributed by atoms with E-state index in [9.17, 15) is 27.7 Å². The van der Waals surface area contributed by atoms with Crippen LogP contribution in [0, 0.1) is 0 Å². The van der Waals surface area contributed by atoms with E-state index in [4.69, 9.17) is 14.9 Å². The van der Waals surface area contributed by atoms with E-state index in [0.29, 0.717) is 25.7 Å². The maximum absolute atomic E-state index is 12.3. The summed E-state index contributed by atoms with van der Waals surface area (Å²) in [5.41, 5.74) is -0.834. The van der Waals surface area contributed by atoms with Crippen LogP contribution in [-0.2, 0) is 21.3 Å². The van der Waals surface area contributed by atoms with Gasteiger partial charge in [-0.3, -0.25) is 4.55 Å². The molecule has 0 aliphatic rings. The van der Waals surface area contributed by atoms with Gasteiger partial charge in [-0.15, -0.1) is 0 Å². The number of aliphatic hydroxyl groups is 2. The van der Waals surface area contributed by atoms with E-state index < -0.39 is 32.5 Å². The molecule has 0 saturated carbocycles. The van der Waals surface area contributed by atoms with Crippen LogP contribution in [0.15, 0.2) is 17.0 Å². The molecule has 0 amide bonds. The van der Waals surface area contributed by atoms with Crippen molar-refractivity contribution in [1.82, 2.24) is 0 Å². The molecule has 0 heterocycles. The largest absolute Gasteiger partial charge is 1.00 e. The molecule has 0 aliphatic heterocycles. The molecule has 0 atom stereocenters. The molecule has 0 saturated heterocycles. The summed E-state index contributed by atoms with van der Waals surface area (Å²) in [6.45, 7) is -0.270. The number of carboxylic acids is 1. The van der Waals surface area contributed by atoms with Gasteiger partial charge in [0, 0.05) is 18.8 Å². The van der Waals surface area contributed by atoms with Crippen molar-refractivity contribution in [3.8, 4) is 0 Å². The van der Waals surface area contributed by atoms with Crippen molar-refractivity contribution in [2.75, 3.05) is 19.8 Å². The Balaban J connectivity index is 0.00000676. The first kappa shape index (κ1) is 26.0. The van der Waals surface area contributed by atoms with Crippen molar-refractivity contribution in [2.24, 2.45) is 0 Å². The van der Waals surface area contributed by atoms with Crippen molar-refractivity contribution in [3.63, 3.8) is 0 Å². The van der Waals surface area contributed by atoms with E-state index in [1.165, 1.54) is 0 Å². The normalized spacial score (nSPS) is 10.9. The van der Waals surface area contributed by atoms with E-state index in [-0.39, 0.29) is 66.9 Å². The maximum atomic E-state index is 12.3. The summed E-state index contributed by atoms with van der Waals surface area (Å²) in [6.07, 6.45) is 1.51. The first-order valence-electron chi connectivity index (χ1n) is 7.97. The van der Waals surface area contributed by atoms with Crippen LogP contribution in [0.2, 0.25) is 0 Å². The fraction of sp³-hybridized carbons (Fsp3) is 0.500. The topological polar surface area (TPSA) is 161 Å². The van der Waals surface area contributed by atoms with Crippen molar-refractivity contribution in [1.29, 1.82) is 0 Å². The van der Waals surface area contributed by atoms with Gasteiger partial charge in [0.05, 0.1) is 23.0 Å². The minimum Gasteiger partial charge on any atom is -0.545 e. The second-order valence-corrected chi connectivity index (χ2v) is 6.93. The fourth-order valence-electron chi connectivity index (χ4n) is 2.30. The summed E-state index contributed by atoms with van der Waals surface area (Å²) >= 11 is 0. The molecule has 146 valence electrons. The van der Waals surface area contributed by atoms with Crippen LogP contribution in [0.3, 0.4) is 0 Å². The van der Waals surface area contributed by atoms with Crippen LogP contribution in [0.5, 0.6) is 0 Å². The van der Waals surface area contributed by atoms with Gasteiger partial charge in [0.2, 0.25) is 0 Å². The number of carbonyl (C=O) groups excluding carboxylic acids is 2. The molecule has 0 fully saturated rings. The summed E-state index contributed by atoms with van der Waals surface area (Å²) < 4.78 is 37.0. The molecule has 0 unspecified atom stereocenters. The van der Waals surface area contributed by atoms with Gasteiger partial charge in [0.25, 0.3) is 10.1 Å². The molecule has 11 heteroatoms. The van der Waals surface area contributed by atoms with Gasteiger partial charge < -0.3 is 24.9 Å². The minimum atomic E-state index is -4.76. The SMILES string of the molecule is O=C([O-])c1cc(S(=O)(=O)O)cc(C(=O)OCCCCO)c1CCCCO.[Na+]. The standard InChI is InChI=1S/C16H22O9S.Na/c17-6-2-1-5-12-13(15(19)20)9-11(26(22,23)24)10-14(12)16(21)25-8-4-3-7-18;/h9-10,17-18H,1-8H2,(H,19,20)(H,22,23,24);/q;+1/p-1. The van der Waals surface area contributed by atoms with Crippen molar-refractivity contribution in [3.05, 3.63) is 28.8 Å². The number of carbonyl (C=O) groups is 2. The number of hydrogen-bond acceptors (Lipinski definition) is 8. The van der Waals surface area contributed by atoms with E-state index >= 15 is 0 Å². The average molecular weight is 412 g/mol. The Kier molecular flexibility index (Phi) is 12.0. The Hall–Kier alpha value is -1.01. The Morgan fingerprint density at radius 2 is 1.56 bits per heavy atom. The van der Waals surface area contributed by atoms with Gasteiger partial charge in [0.1, 0.15) is 0 Å². The Labute approximate surface area is 179 Å². The van der Waals surface area contributed by atoms with Gasteiger partial charge in [0.15, 0.2) is 0 Å². The Bertz CT molecular complexity index is 747. The van der Waals surface area contributed by atoms with E-state index in [2.05, 4.69) is 0 Å². The van der Waals surface area contributed by atoms with Crippen LogP contribution < -0.4 is 34.7 Å². The molecule has 0 spiro atoms. The number of hydrogen-bond donors (Lipinski definition) is 3. The summed E-state index contributed by atoms with van der Waals surface area (Å²) in [6, 6.07) is 1.58. The molecular formula is C16H21NaO9S. The van der Waals surface area contributed by atoms with Gasteiger partial charge in [-0.05, 0) is 49.8 Å². The smallest absolute Gasteiger partial charge is 0.545 e. The third-order valence-electron chi connectivity index (χ3n) is 3.58. The summed E-state index contributed by atoms with van der Waals surface area (Å²) in [7, 11) is -4.76. The number of rotatable bonds is 11. The Morgan fingerprint density at radius 3 is 2.07 bits per heavy atom. The number of benzene rings is 1. The van der Waals surface area contributed by atoms with Crippen LogP contribution >= 0.6 is 0 Å². The quantitative estimate of drug-likeness (QED) is 0.145. The van der Waals surface area contributed by atoms with E-state index in [0.717, 1.165) is 12.1 Å². The minimum absolute atomic E-state index is 0. The van der Waals surface area contributed by atoms with Gasteiger partial charge in [-0.25, -0.2) is 4.79 Å². The monoisotopic (exact) mass is 412 g/mol. The van der Waals surface area contributed by atoms with E-state index in [1.807, 2.05) is 0 Å². The predicted octanol–water partition coefficient (Wildman–Crippen LogP) is -3.45. The average Bonchev–Trinajstić information content (AvgIpc) is 2.57. The fourth-order valence-corrected chi connectivity index (χ4v) is 2.83. The summed E-state index contributed by atoms with van der Waals surface area (Å²) in [4.78, 5) is 22.9. The molecule has 0 aromatic heterocycles. The molecule has 0 aliphatic carbocycles. The molecule has 1 aromatic carbocycles. The maximum Gasteiger partial charge on any atom is 1.00 e. The number of esters is 1. The number of carboxylic acid groups (broad SMARTS) is 1. The molecular weight excluding hydrogens is 391 g/mol. The third kappa shape index (κ3) is 8.26. The van der Waals surface area contributed by atoms with Crippen molar-refractivity contribution >= 4 is 22.1 Å². The van der Waals surface area contributed by atoms with Crippen molar-refractivity contribution < 1.29 is 72.2 Å². The van der Waals surface area contributed by atoms with Crippen LogP contribution in [-0.4, -0.2) is 54.9 Å². The van der Waals surface area contributed by atoms with Crippen molar-refractivity contribution in [2.45, 2.75) is 37.0 Å². The first-order chi connectivity index (χ1) is 12.2. The zero-order chi connectivity index (χ0) is 19.7. The van der Waals surface area contributed by atoms with Crippen LogP contribution in [0.1, 0.15) is 52.0 Å². The number of aliphatic hydroxyl groups excluding tert-OH is 2. The Morgan fingerprint density at radius 1 is 1.00 bits per heavy atom. The van der Waals surface area contributed by atoms with Gasteiger partial charge in [-0.2, -0.15) is 8.42 Å². The second kappa shape index (κ2) is 12.4. The molecule has 0 radical (unpaired) electrons. The number of aromatic carboxylic acids is 1. The molecule has 0 bridgehead atoms. The van der Waals surface area contributed by atoms with Gasteiger partial charge >= 0.3 is 35.5 Å². The molecule has 1 rings (SSSR count). The molecule has 3 N–H and O–H groups in total. The van der Waals surface area contributed by atoms with Crippen LogP contribution in [0.4, 0.5) is 0 Å². The predicted molar refractivity (Wildman–Crippen MR) is 87.2 cm³/mol. The number of unbranched alkanes of at least 4 members (excludes halogenated alkanes) is 2. The molecule has 1 aromatic rings. The number of ether oxygens (including phenoxy) is 1. The molecule has 27 heavy (non-hydrogen) atoms. The zero-order valence-electron chi connectivity index (χ0n) is 15.0. The summed E-state index contributed by atoms with van der Waals surface area (Å²) in [5.74, 6) is -2.65. The third-order valence-corrected chi connectivity index (χ3v) is 4.41. The zero-order valence-corrected chi connectivity index (χ0v) is 17.8. The van der Waals surface area contributed by atoms with Crippen LogP contribution in [0.25, 0.3) is 0 Å².